The van der Waals surface area contributed by atoms with Crippen LogP contribution in [-0.2, 0) is 54.7 Å². The molecule has 6 nitrogen and oxygen atoms in total. The fraction of sp³-hybridized carbons (Fsp3) is 0.538. The first-order valence-electron chi connectivity index (χ1n) is 35.7. The Balaban J connectivity index is 1.25. The molecule has 3 aliphatic heterocycles. The Kier molecular flexibility index (Phi) is 24.5. The van der Waals surface area contributed by atoms with Crippen molar-refractivity contribution < 1.29 is 28.4 Å². The van der Waals surface area contributed by atoms with E-state index in [1.807, 2.05) is 0 Å². The Morgan fingerprint density at radius 3 is 0.567 bits per heavy atom. The first-order valence-corrected chi connectivity index (χ1v) is 44.1. The van der Waals surface area contributed by atoms with Crippen molar-refractivity contribution in [2.45, 2.75) is 236 Å². The van der Waals surface area contributed by atoms with Gasteiger partial charge in [0.05, 0.1) is 39.6 Å². The Morgan fingerprint density at radius 1 is 0.233 bits per heavy atom. The normalized spacial score (nSPS) is 17.6. The van der Waals surface area contributed by atoms with Gasteiger partial charge in [-0.05, 0) is 113 Å². The minimum atomic E-state index is -3.16. The van der Waals surface area contributed by atoms with Crippen LogP contribution in [0.5, 0.6) is 34.5 Å². The van der Waals surface area contributed by atoms with E-state index in [0.29, 0.717) is 74.1 Å². The van der Waals surface area contributed by atoms with Crippen molar-refractivity contribution in [1.82, 2.24) is 0 Å². The Morgan fingerprint density at radius 2 is 0.400 bits per heavy atom. The summed E-state index contributed by atoms with van der Waals surface area (Å²) in [5.74, 6) is 4.22. The molecule has 0 amide bonds. The van der Waals surface area contributed by atoms with E-state index in [2.05, 4.69) is 135 Å². The summed E-state index contributed by atoms with van der Waals surface area (Å²) in [5.41, 5.74) is 4.00. The van der Waals surface area contributed by atoms with Crippen LogP contribution in [0.25, 0.3) is 32.3 Å². The average Bonchev–Trinajstić information content (AvgIpc) is 1.46. The van der Waals surface area contributed by atoms with E-state index in [1.54, 1.807) is 0 Å². The third kappa shape index (κ3) is 12.9. The van der Waals surface area contributed by atoms with E-state index in [1.165, 1.54) is 171 Å². The topological polar surface area (TPSA) is 55.4 Å². The fourth-order valence-corrected chi connectivity index (χ4v) is 29.2. The predicted octanol–water partition coefficient (Wildman–Crippen LogP) is 18.8. The van der Waals surface area contributed by atoms with Gasteiger partial charge < -0.3 is 28.4 Å². The van der Waals surface area contributed by atoms with Gasteiger partial charge >= 0.3 is 0 Å². The lowest BCUT2D eigenvalue weighted by atomic mass is 9.93. The summed E-state index contributed by atoms with van der Waals surface area (Å²) in [7, 11) is 0. The molecule has 3 heterocycles. The summed E-state index contributed by atoms with van der Waals surface area (Å²) in [6, 6.07) is 18.6. The minimum absolute atomic E-state index is 0.405. The molecule has 10 rings (SSSR count). The number of aryl methyl sites for hydroxylation is 3. The molecular weight excluding hydrogens is 1220 g/mol. The van der Waals surface area contributed by atoms with Crippen LogP contribution in [0.1, 0.15) is 233 Å². The number of hydrogen-bond donors (Lipinski definition) is 0. The van der Waals surface area contributed by atoms with Crippen LogP contribution < -0.4 is 76.2 Å². The van der Waals surface area contributed by atoms with Crippen LogP contribution in [0.15, 0.2) is 72.8 Å². The van der Waals surface area contributed by atoms with Crippen LogP contribution in [0.3, 0.4) is 0 Å². The van der Waals surface area contributed by atoms with Crippen LogP contribution >= 0.6 is 18.1 Å². The summed E-state index contributed by atoms with van der Waals surface area (Å²) in [5, 5.41) is 16.0. The van der Waals surface area contributed by atoms with Gasteiger partial charge in [-0.3, -0.25) is 0 Å². The smallest absolute Gasteiger partial charge is 0.171 e. The molecule has 0 aromatic heterocycles. The first-order chi connectivity index (χ1) is 44.0. The van der Waals surface area contributed by atoms with Crippen LogP contribution in [0, 0.1) is 0 Å². The zero-order chi connectivity index (χ0) is 63.4. The second kappa shape index (κ2) is 32.0. The molecule has 0 radical (unpaired) electrons. The van der Waals surface area contributed by atoms with Crippen molar-refractivity contribution in [2.24, 2.45) is 0 Å². The summed E-state index contributed by atoms with van der Waals surface area (Å²) in [4.78, 5) is 0. The van der Waals surface area contributed by atoms with E-state index in [-0.39, 0.29) is 0 Å². The second-order valence-corrected chi connectivity index (χ2v) is 38.2. The number of ether oxygens (including phenoxy) is 6. The highest BCUT2D eigenvalue weighted by atomic mass is 32.4. The maximum absolute atomic E-state index is 7.79. The van der Waals surface area contributed by atoms with Gasteiger partial charge in [0, 0.05) is 82.3 Å². The Labute approximate surface area is 557 Å². The van der Waals surface area contributed by atoms with Crippen LogP contribution in [0.2, 0.25) is 0 Å². The lowest BCUT2D eigenvalue weighted by molar-refractivity contribution is 0.292. The SMILES string of the molecule is CCCCCCCCCCc1ccc(P2(=S)c3c(OCC)c(OCC)c4c5c3c3c2c(OCC)c(OCC)c2c3c3c(c(OCC)c(OCC)c(c53)P4(=S)c3ccc(CCCCCCCCCC)cc3)P2(=S)c2ccc(CCCCCCCCCC)cc2)cc1. The lowest BCUT2D eigenvalue weighted by Gasteiger charge is -2.29. The zero-order valence-electron chi connectivity index (χ0n) is 56.3. The average molecular weight is 1330 g/mol. The summed E-state index contributed by atoms with van der Waals surface area (Å²) in [6.07, 6.45) is 34.1. The van der Waals surface area contributed by atoms with Gasteiger partial charge in [0.25, 0.3) is 0 Å². The summed E-state index contributed by atoms with van der Waals surface area (Å²) in [6.45, 7) is 21.8. The molecule has 486 valence electrons. The molecule has 90 heavy (non-hydrogen) atoms. The number of benzene rings is 7. The molecule has 0 bridgehead atoms. The quantitative estimate of drug-likeness (QED) is 0.0212. The van der Waals surface area contributed by atoms with Gasteiger partial charge in [-0.25, -0.2) is 0 Å². The molecule has 0 spiro atoms. The number of unbranched alkanes of at least 4 members (excludes halogenated alkanes) is 21. The van der Waals surface area contributed by atoms with Gasteiger partial charge in [0.15, 0.2) is 34.5 Å². The molecule has 0 saturated heterocycles. The van der Waals surface area contributed by atoms with E-state index < -0.39 is 18.1 Å². The third-order valence-corrected chi connectivity index (χ3v) is 33.9. The van der Waals surface area contributed by atoms with Crippen molar-refractivity contribution >= 4 is 134 Å². The molecule has 3 aliphatic rings. The van der Waals surface area contributed by atoms with Gasteiger partial charge in [-0.2, -0.15) is 0 Å². The molecule has 0 unspecified atom stereocenters. The number of rotatable bonds is 42. The molecule has 7 aromatic rings. The highest BCUT2D eigenvalue weighted by Gasteiger charge is 2.56. The van der Waals surface area contributed by atoms with E-state index >= 15 is 0 Å². The van der Waals surface area contributed by atoms with Gasteiger partial charge in [-0.15, -0.1) is 0 Å². The maximum Gasteiger partial charge on any atom is 0.171 e. The Hall–Kier alpha value is -3.93. The van der Waals surface area contributed by atoms with Crippen molar-refractivity contribution in [3.63, 3.8) is 0 Å². The molecule has 7 aromatic carbocycles. The lowest BCUT2D eigenvalue weighted by Crippen LogP contribution is -2.28. The third-order valence-electron chi connectivity index (χ3n) is 19.3. The molecule has 12 heteroatoms. The van der Waals surface area contributed by atoms with Crippen molar-refractivity contribution in [3.8, 4) is 34.5 Å². The monoisotopic (exact) mass is 1330 g/mol. The molecule has 0 atom stereocenters. The highest BCUT2D eigenvalue weighted by molar-refractivity contribution is 8.28. The van der Waals surface area contributed by atoms with Crippen LogP contribution in [-0.4, -0.2) is 39.6 Å². The molecular formula is C78H105O6P3S3. The summed E-state index contributed by atoms with van der Waals surface area (Å²) < 4.78 is 43.8. The van der Waals surface area contributed by atoms with Gasteiger partial charge in [0.1, 0.15) is 0 Å². The molecule has 0 saturated carbocycles. The van der Waals surface area contributed by atoms with Crippen molar-refractivity contribution in [2.75, 3.05) is 39.6 Å². The predicted molar refractivity (Wildman–Crippen MR) is 404 cm³/mol. The van der Waals surface area contributed by atoms with E-state index in [0.717, 1.165) is 99.3 Å². The van der Waals surface area contributed by atoms with E-state index in [9.17, 15) is 0 Å². The fourth-order valence-electron chi connectivity index (χ4n) is 15.1. The second-order valence-electron chi connectivity index (χ2n) is 25.4. The molecule has 0 fully saturated rings. The Bertz CT molecular complexity index is 3210. The van der Waals surface area contributed by atoms with Crippen molar-refractivity contribution in [1.29, 1.82) is 0 Å². The van der Waals surface area contributed by atoms with Crippen molar-refractivity contribution in [3.05, 3.63) is 89.5 Å². The molecule has 0 N–H and O–H groups in total. The first kappa shape index (κ1) is 68.9. The van der Waals surface area contributed by atoms with Gasteiger partial charge in [0.2, 0.25) is 0 Å². The van der Waals surface area contributed by atoms with E-state index in [4.69, 9.17) is 63.8 Å². The largest absolute Gasteiger partial charge is 0.489 e. The standard InChI is InChI=1S/C78H105O6P3S3/c1-10-19-22-25-28-31-34-37-40-55-43-49-58(50-44-55)85(88)73-61-62-64-66-65-63(61)75(69(81-15-6)67(73)79-13-4)86(89,59-51-45-56(46-52-59)41-38-35-32-29-26-23-20-11-2)77(65)71(83-17-8)72(84-18-9)78(66)87(90,76(64)70(82-16-7)68(74(62)85)80-14-5)60-53-47-57(48-54-60)42-39-36-33-30-27-24-21-12-3/h43-54H,10-42H2,1-9H3. The number of hydrogen-bond acceptors (Lipinski definition) is 9. The minimum Gasteiger partial charge on any atom is -0.489 e. The van der Waals surface area contributed by atoms with Gasteiger partial charge in [-0.1, -0.05) is 264 Å². The summed E-state index contributed by atoms with van der Waals surface area (Å²) >= 11 is 23.4. The zero-order valence-corrected chi connectivity index (χ0v) is 61.4. The van der Waals surface area contributed by atoms with Crippen LogP contribution in [0.4, 0.5) is 0 Å². The highest BCUT2D eigenvalue weighted by Crippen LogP contribution is 2.71. The molecule has 0 aliphatic carbocycles. The maximum atomic E-state index is 7.79.